The van der Waals surface area contributed by atoms with Crippen molar-refractivity contribution < 1.29 is 0 Å². The summed E-state index contributed by atoms with van der Waals surface area (Å²) in [7, 11) is 0. The molecule has 108 valence electrons. The van der Waals surface area contributed by atoms with Gasteiger partial charge in [-0.05, 0) is 61.1 Å². The Labute approximate surface area is 125 Å². The predicted octanol–water partition coefficient (Wildman–Crippen LogP) is 3.94. The molecule has 1 aliphatic carbocycles. The van der Waals surface area contributed by atoms with E-state index in [4.69, 9.17) is 0 Å². The fourth-order valence-corrected chi connectivity index (χ4v) is 3.86. The van der Waals surface area contributed by atoms with Gasteiger partial charge in [0.05, 0.1) is 16.4 Å². The monoisotopic (exact) mass is 327 g/mol. The number of rotatable bonds is 6. The molecule has 19 heavy (non-hydrogen) atoms. The van der Waals surface area contributed by atoms with Crippen molar-refractivity contribution in [1.82, 2.24) is 15.1 Å². The first-order valence-electron chi connectivity index (χ1n) is 7.69. The van der Waals surface area contributed by atoms with Gasteiger partial charge < -0.3 is 5.32 Å². The zero-order chi connectivity index (χ0) is 13.7. The zero-order valence-electron chi connectivity index (χ0n) is 12.2. The van der Waals surface area contributed by atoms with Crippen LogP contribution in [0.2, 0.25) is 0 Å². The second-order valence-corrected chi connectivity index (χ2v) is 6.40. The largest absolute Gasteiger partial charge is 0.316 e. The summed E-state index contributed by atoms with van der Waals surface area (Å²) in [6.07, 6.45) is 8.58. The van der Waals surface area contributed by atoms with Crippen LogP contribution in [0.1, 0.15) is 57.6 Å². The highest BCUT2D eigenvalue weighted by atomic mass is 79.9. The molecule has 0 amide bonds. The van der Waals surface area contributed by atoms with E-state index < -0.39 is 0 Å². The van der Waals surface area contributed by atoms with E-state index in [1.54, 1.807) is 0 Å². The van der Waals surface area contributed by atoms with E-state index in [-0.39, 0.29) is 0 Å². The highest BCUT2D eigenvalue weighted by Gasteiger charge is 2.30. The molecule has 0 spiro atoms. The third-order valence-corrected chi connectivity index (χ3v) is 4.84. The second kappa shape index (κ2) is 7.44. The smallest absolute Gasteiger partial charge is 0.0635 e. The molecule has 0 bridgehead atoms. The molecule has 3 nitrogen and oxygen atoms in total. The Morgan fingerprint density at radius 3 is 2.89 bits per heavy atom. The van der Waals surface area contributed by atoms with Crippen LogP contribution in [0.5, 0.6) is 0 Å². The number of aryl methyl sites for hydroxylation is 1. The van der Waals surface area contributed by atoms with Crippen molar-refractivity contribution in [3.8, 4) is 0 Å². The first-order chi connectivity index (χ1) is 9.27. The third kappa shape index (κ3) is 3.60. The summed E-state index contributed by atoms with van der Waals surface area (Å²) >= 11 is 3.70. The van der Waals surface area contributed by atoms with E-state index in [2.05, 4.69) is 44.9 Å². The number of hydrogen-bond acceptors (Lipinski definition) is 2. The van der Waals surface area contributed by atoms with Gasteiger partial charge in [-0.3, -0.25) is 4.68 Å². The van der Waals surface area contributed by atoms with Gasteiger partial charge in [0.1, 0.15) is 0 Å². The van der Waals surface area contributed by atoms with Crippen molar-refractivity contribution in [3.05, 3.63) is 16.4 Å². The Morgan fingerprint density at radius 1 is 1.37 bits per heavy atom. The molecule has 4 heteroatoms. The van der Waals surface area contributed by atoms with Gasteiger partial charge in [-0.2, -0.15) is 5.10 Å². The molecule has 2 unspecified atom stereocenters. The molecule has 0 aliphatic heterocycles. The van der Waals surface area contributed by atoms with Gasteiger partial charge in [-0.1, -0.05) is 19.8 Å². The fraction of sp³-hybridized carbons (Fsp3) is 0.800. The number of hydrogen-bond donors (Lipinski definition) is 1. The molecule has 1 saturated carbocycles. The van der Waals surface area contributed by atoms with Gasteiger partial charge in [0.25, 0.3) is 0 Å². The summed E-state index contributed by atoms with van der Waals surface area (Å²) < 4.78 is 3.37. The molecule has 2 rings (SSSR count). The average Bonchev–Trinajstić information content (AvgIpc) is 2.81. The van der Waals surface area contributed by atoms with E-state index in [1.807, 2.05) is 6.20 Å². The van der Waals surface area contributed by atoms with Gasteiger partial charge in [0, 0.05) is 12.5 Å². The lowest BCUT2D eigenvalue weighted by Gasteiger charge is -2.32. The Kier molecular flexibility index (Phi) is 5.89. The molecule has 1 heterocycles. The minimum atomic E-state index is 0.662. The topological polar surface area (TPSA) is 29.9 Å². The van der Waals surface area contributed by atoms with Crippen molar-refractivity contribution >= 4 is 15.9 Å². The summed E-state index contributed by atoms with van der Waals surface area (Å²) in [5, 5.41) is 8.10. The molecule has 1 N–H and O–H groups in total. The van der Waals surface area contributed by atoms with Crippen molar-refractivity contribution in [1.29, 1.82) is 0 Å². The number of nitrogens with zero attached hydrogens (tertiary/aromatic N) is 2. The molecule has 1 aliphatic rings. The molecule has 0 saturated heterocycles. The quantitative estimate of drug-likeness (QED) is 0.802. The Hall–Kier alpha value is -0.350. The van der Waals surface area contributed by atoms with Gasteiger partial charge >= 0.3 is 0 Å². The van der Waals surface area contributed by atoms with Gasteiger partial charge in [-0.15, -0.1) is 0 Å². The van der Waals surface area contributed by atoms with Crippen LogP contribution in [0.15, 0.2) is 10.7 Å². The minimum Gasteiger partial charge on any atom is -0.316 e. The number of halogens is 1. The maximum Gasteiger partial charge on any atom is 0.0635 e. The normalized spacial score (nSPS) is 23.7. The lowest BCUT2D eigenvalue weighted by Crippen LogP contribution is -2.31. The van der Waals surface area contributed by atoms with Crippen molar-refractivity contribution in [3.63, 3.8) is 0 Å². The van der Waals surface area contributed by atoms with E-state index in [1.165, 1.54) is 42.3 Å². The van der Waals surface area contributed by atoms with Crippen LogP contribution in [0.25, 0.3) is 0 Å². The zero-order valence-corrected chi connectivity index (χ0v) is 13.7. The Morgan fingerprint density at radius 2 is 2.16 bits per heavy atom. The summed E-state index contributed by atoms with van der Waals surface area (Å²) in [5.41, 5.74) is 1.42. The number of nitrogens with one attached hydrogen (secondary N) is 1. The molecular weight excluding hydrogens is 302 g/mol. The summed E-state index contributed by atoms with van der Waals surface area (Å²) in [4.78, 5) is 0. The van der Waals surface area contributed by atoms with Crippen LogP contribution < -0.4 is 5.32 Å². The van der Waals surface area contributed by atoms with Gasteiger partial charge in [-0.25, -0.2) is 0 Å². The van der Waals surface area contributed by atoms with E-state index in [9.17, 15) is 0 Å². The second-order valence-electron chi connectivity index (χ2n) is 5.55. The molecule has 1 fully saturated rings. The molecule has 0 aromatic carbocycles. The predicted molar refractivity (Wildman–Crippen MR) is 83.5 cm³/mol. The van der Waals surface area contributed by atoms with E-state index in [0.29, 0.717) is 5.92 Å². The highest BCUT2D eigenvalue weighted by molar-refractivity contribution is 9.10. The lowest BCUT2D eigenvalue weighted by molar-refractivity contribution is 0.283. The molecule has 1 aromatic heterocycles. The maximum atomic E-state index is 4.49. The maximum absolute atomic E-state index is 4.49. The SMILES string of the molecule is CCCNCC1CCCCC1c1c(Br)cnn1CC. The van der Waals surface area contributed by atoms with Crippen LogP contribution in [-0.2, 0) is 6.54 Å². The highest BCUT2D eigenvalue weighted by Crippen LogP contribution is 2.40. The van der Waals surface area contributed by atoms with E-state index >= 15 is 0 Å². The van der Waals surface area contributed by atoms with Crippen LogP contribution in [0.3, 0.4) is 0 Å². The summed E-state index contributed by atoms with van der Waals surface area (Å²) in [6, 6.07) is 0. The first kappa shape index (κ1) is 15.0. The fourth-order valence-electron chi connectivity index (χ4n) is 3.27. The van der Waals surface area contributed by atoms with Crippen molar-refractivity contribution in [2.45, 2.75) is 58.4 Å². The van der Waals surface area contributed by atoms with Gasteiger partial charge in [0.2, 0.25) is 0 Å². The van der Waals surface area contributed by atoms with Crippen LogP contribution in [0.4, 0.5) is 0 Å². The van der Waals surface area contributed by atoms with Crippen LogP contribution in [0, 0.1) is 5.92 Å². The van der Waals surface area contributed by atoms with E-state index in [0.717, 1.165) is 25.6 Å². The first-order valence-corrected chi connectivity index (χ1v) is 8.49. The summed E-state index contributed by atoms with van der Waals surface area (Å²) in [5.74, 6) is 1.42. The summed E-state index contributed by atoms with van der Waals surface area (Å²) in [6.45, 7) is 7.66. The molecular formula is C15H26BrN3. The lowest BCUT2D eigenvalue weighted by atomic mass is 9.77. The van der Waals surface area contributed by atoms with Crippen LogP contribution >= 0.6 is 15.9 Å². The molecule has 0 radical (unpaired) electrons. The van der Waals surface area contributed by atoms with Crippen molar-refractivity contribution in [2.75, 3.05) is 13.1 Å². The third-order valence-electron chi connectivity index (χ3n) is 4.23. The Bertz CT molecular complexity index is 389. The molecule has 1 aromatic rings. The number of aromatic nitrogens is 2. The standard InChI is InChI=1S/C15H26BrN3/c1-3-9-17-10-12-7-5-6-8-13(12)15-14(16)11-18-19(15)4-2/h11-13,17H,3-10H2,1-2H3. The van der Waals surface area contributed by atoms with Gasteiger partial charge in [0.15, 0.2) is 0 Å². The molecule has 2 atom stereocenters. The Balaban J connectivity index is 2.11. The van der Waals surface area contributed by atoms with Crippen LogP contribution in [-0.4, -0.2) is 22.9 Å². The van der Waals surface area contributed by atoms with Crippen molar-refractivity contribution in [2.24, 2.45) is 5.92 Å². The average molecular weight is 328 g/mol. The minimum absolute atomic E-state index is 0.662.